The van der Waals surface area contributed by atoms with Crippen molar-refractivity contribution in [3.8, 4) is 6.07 Å². The lowest BCUT2D eigenvalue weighted by Gasteiger charge is -2.34. The second kappa shape index (κ2) is 10.7. The van der Waals surface area contributed by atoms with Crippen molar-refractivity contribution in [2.24, 2.45) is 4.99 Å². The molecule has 11 heteroatoms. The molecule has 0 saturated heterocycles. The number of allylic oxidation sites excluding steroid dienone is 1. The van der Waals surface area contributed by atoms with Gasteiger partial charge in [0.25, 0.3) is 0 Å². The fourth-order valence-corrected chi connectivity index (χ4v) is 4.10. The van der Waals surface area contributed by atoms with Crippen LogP contribution in [-0.4, -0.2) is 37.1 Å². The van der Waals surface area contributed by atoms with Gasteiger partial charge in [0, 0.05) is 11.4 Å². The Kier molecular flexibility index (Phi) is 7.86. The number of aliphatic imine (C=N–C) groups is 1. The maximum absolute atomic E-state index is 13.4. The fourth-order valence-electron chi connectivity index (χ4n) is 3.47. The van der Waals surface area contributed by atoms with Crippen LogP contribution < -0.4 is 4.90 Å². The highest BCUT2D eigenvalue weighted by Gasteiger charge is 2.36. The number of esters is 2. The van der Waals surface area contributed by atoms with Gasteiger partial charge in [0.15, 0.2) is 11.8 Å². The highest BCUT2D eigenvalue weighted by Crippen LogP contribution is 2.40. The lowest BCUT2D eigenvalue weighted by Crippen LogP contribution is -2.35. The topological polar surface area (TPSA) is 92.0 Å². The largest absolute Gasteiger partial charge is 0.466 e. The molecule has 0 bridgehead atoms. The first-order valence-electron chi connectivity index (χ1n) is 10.1. The van der Waals surface area contributed by atoms with E-state index in [-0.39, 0.29) is 17.0 Å². The number of hydrogen-bond donors (Lipinski definition) is 0. The van der Waals surface area contributed by atoms with E-state index in [0.29, 0.717) is 16.3 Å². The van der Waals surface area contributed by atoms with Crippen LogP contribution in [0.2, 0.25) is 0 Å². The second-order valence-corrected chi connectivity index (χ2v) is 8.06. The minimum atomic E-state index is -4.56. The molecule has 3 rings (SSSR count). The van der Waals surface area contributed by atoms with Gasteiger partial charge in [-0.3, -0.25) is 4.90 Å². The lowest BCUT2D eigenvalue weighted by atomic mass is 9.95. The van der Waals surface area contributed by atoms with E-state index in [1.165, 1.54) is 28.8 Å². The van der Waals surface area contributed by atoms with E-state index in [1.54, 1.807) is 37.4 Å². The number of thioether (sulfide) groups is 1. The molecule has 0 aromatic heterocycles. The number of ether oxygens (including phenoxy) is 2. The summed E-state index contributed by atoms with van der Waals surface area (Å²) < 4.78 is 49.7. The van der Waals surface area contributed by atoms with Gasteiger partial charge >= 0.3 is 18.1 Å². The molecular weight excluding hydrogens is 483 g/mol. The van der Waals surface area contributed by atoms with E-state index < -0.39 is 36.3 Å². The number of halogens is 3. The molecule has 0 spiro atoms. The number of benzene rings is 2. The minimum absolute atomic E-state index is 0.0359. The van der Waals surface area contributed by atoms with Crippen LogP contribution in [0.15, 0.2) is 64.8 Å². The van der Waals surface area contributed by atoms with E-state index in [9.17, 15) is 22.8 Å². The first kappa shape index (κ1) is 25.8. The Morgan fingerprint density at radius 3 is 2.46 bits per heavy atom. The average molecular weight is 504 g/mol. The Labute approximate surface area is 203 Å². The van der Waals surface area contributed by atoms with Gasteiger partial charge in [0.1, 0.15) is 6.04 Å². The minimum Gasteiger partial charge on any atom is -0.466 e. The number of rotatable bonds is 5. The van der Waals surface area contributed by atoms with Crippen molar-refractivity contribution in [1.82, 2.24) is 0 Å². The zero-order valence-corrected chi connectivity index (χ0v) is 19.7. The molecule has 0 radical (unpaired) electrons. The smallest absolute Gasteiger partial charge is 0.416 e. The molecule has 0 aliphatic carbocycles. The molecule has 1 atom stereocenters. The standard InChI is InChI=1S/C24H20F3N3O4S/c1-14-20(22(32)34-13-19(31)33-2)21(16-9-7-15(12-28)8-10-16)29-23(35-3)30(14)18-6-4-5-17(11-18)24(25,26)27/h4-11,21H,13H2,1-3H3. The molecule has 1 aliphatic rings. The van der Waals surface area contributed by atoms with Crippen molar-refractivity contribution in [1.29, 1.82) is 5.26 Å². The van der Waals surface area contributed by atoms with Gasteiger partial charge in [-0.2, -0.15) is 18.4 Å². The summed E-state index contributed by atoms with van der Waals surface area (Å²) in [6.07, 6.45) is -2.85. The van der Waals surface area contributed by atoms with Crippen LogP contribution in [-0.2, 0) is 25.2 Å². The SMILES string of the molecule is COC(=O)COC(=O)C1=C(C)N(c2cccc(C(F)(F)F)c2)C(SC)=NC1c1ccc(C#N)cc1. The number of nitriles is 1. The Morgan fingerprint density at radius 2 is 1.89 bits per heavy atom. The molecule has 1 unspecified atom stereocenters. The van der Waals surface area contributed by atoms with Crippen molar-refractivity contribution < 1.29 is 32.2 Å². The van der Waals surface area contributed by atoms with Crippen LogP contribution in [0.5, 0.6) is 0 Å². The van der Waals surface area contributed by atoms with E-state index in [0.717, 1.165) is 19.2 Å². The Morgan fingerprint density at radius 1 is 1.20 bits per heavy atom. The first-order valence-corrected chi connectivity index (χ1v) is 11.4. The van der Waals surface area contributed by atoms with Crippen LogP contribution in [0.25, 0.3) is 0 Å². The van der Waals surface area contributed by atoms with Gasteiger partial charge in [-0.15, -0.1) is 0 Å². The van der Waals surface area contributed by atoms with Crippen molar-refractivity contribution >= 4 is 34.6 Å². The van der Waals surface area contributed by atoms with Gasteiger partial charge in [0.05, 0.1) is 29.9 Å². The molecule has 7 nitrogen and oxygen atoms in total. The number of amidine groups is 1. The molecular formula is C24H20F3N3O4S. The summed E-state index contributed by atoms with van der Waals surface area (Å²) in [5.41, 5.74) is 0.583. The molecule has 0 fully saturated rings. The molecule has 35 heavy (non-hydrogen) atoms. The third-order valence-corrected chi connectivity index (χ3v) is 5.82. The summed E-state index contributed by atoms with van der Waals surface area (Å²) in [6, 6.07) is 12.2. The number of carbonyl (C=O) groups excluding carboxylic acids is 2. The van der Waals surface area contributed by atoms with Crippen molar-refractivity contribution in [3.05, 3.63) is 76.5 Å². The molecule has 2 aromatic carbocycles. The monoisotopic (exact) mass is 503 g/mol. The number of alkyl halides is 3. The number of carbonyl (C=O) groups is 2. The molecule has 1 aliphatic heterocycles. The summed E-state index contributed by atoms with van der Waals surface area (Å²) in [4.78, 5) is 30.7. The number of nitrogens with zero attached hydrogens (tertiary/aromatic N) is 3. The normalized spacial score (nSPS) is 15.9. The van der Waals surface area contributed by atoms with E-state index in [4.69, 9.17) is 10.00 Å². The summed E-state index contributed by atoms with van der Waals surface area (Å²) in [6.45, 7) is 0.922. The Hall–Kier alpha value is -3.78. The van der Waals surface area contributed by atoms with E-state index in [2.05, 4.69) is 9.73 Å². The predicted molar refractivity (Wildman–Crippen MR) is 124 cm³/mol. The third kappa shape index (κ3) is 5.66. The van der Waals surface area contributed by atoms with Crippen LogP contribution in [0, 0.1) is 11.3 Å². The lowest BCUT2D eigenvalue weighted by molar-refractivity contribution is -0.154. The van der Waals surface area contributed by atoms with E-state index in [1.807, 2.05) is 6.07 Å². The van der Waals surface area contributed by atoms with Crippen molar-refractivity contribution in [3.63, 3.8) is 0 Å². The second-order valence-electron chi connectivity index (χ2n) is 7.29. The number of methoxy groups -OCH3 is 1. The highest BCUT2D eigenvalue weighted by atomic mass is 32.2. The molecule has 0 N–H and O–H groups in total. The molecule has 182 valence electrons. The summed E-state index contributed by atoms with van der Waals surface area (Å²) in [7, 11) is 1.14. The zero-order chi connectivity index (χ0) is 25.8. The summed E-state index contributed by atoms with van der Waals surface area (Å²) in [5.74, 6) is -1.64. The molecule has 0 amide bonds. The van der Waals surface area contributed by atoms with Crippen LogP contribution in [0.4, 0.5) is 18.9 Å². The van der Waals surface area contributed by atoms with E-state index >= 15 is 0 Å². The zero-order valence-electron chi connectivity index (χ0n) is 18.9. The predicted octanol–water partition coefficient (Wildman–Crippen LogP) is 4.85. The number of anilines is 1. The number of hydrogen-bond acceptors (Lipinski definition) is 8. The summed E-state index contributed by atoms with van der Waals surface area (Å²) >= 11 is 1.19. The van der Waals surface area contributed by atoms with Crippen LogP contribution in [0.1, 0.15) is 29.7 Å². The first-order chi connectivity index (χ1) is 16.6. The molecule has 1 heterocycles. The van der Waals surface area contributed by atoms with Crippen molar-refractivity contribution in [2.75, 3.05) is 24.9 Å². The average Bonchev–Trinajstić information content (AvgIpc) is 2.85. The maximum Gasteiger partial charge on any atom is 0.416 e. The van der Waals surface area contributed by atoms with Gasteiger partial charge in [-0.05, 0) is 49.1 Å². The third-order valence-electron chi connectivity index (χ3n) is 5.17. The Balaban J connectivity index is 2.15. The van der Waals surface area contributed by atoms with Gasteiger partial charge < -0.3 is 9.47 Å². The fraction of sp³-hybridized carbons (Fsp3) is 0.250. The Bertz CT molecular complexity index is 1230. The maximum atomic E-state index is 13.4. The van der Waals surface area contributed by atoms with Crippen LogP contribution >= 0.6 is 11.8 Å². The van der Waals surface area contributed by atoms with Gasteiger partial charge in [-0.1, -0.05) is 30.0 Å². The van der Waals surface area contributed by atoms with Crippen LogP contribution in [0.3, 0.4) is 0 Å². The molecule has 2 aromatic rings. The molecule has 0 saturated carbocycles. The van der Waals surface area contributed by atoms with Gasteiger partial charge in [-0.25, -0.2) is 14.6 Å². The van der Waals surface area contributed by atoms with Crippen molar-refractivity contribution in [2.45, 2.75) is 19.1 Å². The van der Waals surface area contributed by atoms with Gasteiger partial charge in [0.2, 0.25) is 0 Å². The summed E-state index contributed by atoms with van der Waals surface area (Å²) in [5, 5.41) is 9.44. The quantitative estimate of drug-likeness (QED) is 0.539. The highest BCUT2D eigenvalue weighted by molar-refractivity contribution is 8.13.